The van der Waals surface area contributed by atoms with Gasteiger partial charge in [-0.15, -0.1) is 0 Å². The van der Waals surface area contributed by atoms with Gasteiger partial charge < -0.3 is 0 Å². The molecule has 15 heavy (non-hydrogen) atoms. The highest BCUT2D eigenvalue weighted by atomic mass is 79.9. The van der Waals surface area contributed by atoms with Crippen molar-refractivity contribution in [2.75, 3.05) is 0 Å². The molecule has 0 N–H and O–H groups in total. The molecule has 1 nitrogen and oxygen atoms in total. The maximum atomic E-state index is 11.9. The highest BCUT2D eigenvalue weighted by molar-refractivity contribution is 9.10. The number of carbonyl (C=O) groups excluding carboxylic acids is 1. The SMILES string of the molecule is O=C1CCCCCC1c1cccc(Br)c1. The summed E-state index contributed by atoms with van der Waals surface area (Å²) in [5.41, 5.74) is 1.18. The van der Waals surface area contributed by atoms with E-state index in [1.807, 2.05) is 12.1 Å². The van der Waals surface area contributed by atoms with Crippen molar-refractivity contribution in [3.63, 3.8) is 0 Å². The number of hydrogen-bond acceptors (Lipinski definition) is 1. The molecule has 1 atom stereocenters. The number of carbonyl (C=O) groups is 1. The maximum Gasteiger partial charge on any atom is 0.140 e. The highest BCUT2D eigenvalue weighted by Gasteiger charge is 2.22. The summed E-state index contributed by atoms with van der Waals surface area (Å²) in [7, 11) is 0. The van der Waals surface area contributed by atoms with E-state index in [4.69, 9.17) is 0 Å². The van der Waals surface area contributed by atoms with Crippen LogP contribution in [0.2, 0.25) is 0 Å². The molecule has 0 radical (unpaired) electrons. The molecule has 1 fully saturated rings. The zero-order valence-electron chi connectivity index (χ0n) is 8.71. The summed E-state index contributed by atoms with van der Waals surface area (Å²) in [4.78, 5) is 11.9. The zero-order valence-corrected chi connectivity index (χ0v) is 10.3. The molecule has 1 aromatic carbocycles. The first kappa shape index (κ1) is 10.9. The summed E-state index contributed by atoms with van der Waals surface area (Å²) in [6.07, 6.45) is 5.25. The van der Waals surface area contributed by atoms with E-state index in [-0.39, 0.29) is 5.92 Å². The lowest BCUT2D eigenvalue weighted by Crippen LogP contribution is -2.10. The Morgan fingerprint density at radius 3 is 2.87 bits per heavy atom. The average Bonchev–Trinajstić information content (AvgIpc) is 2.43. The van der Waals surface area contributed by atoms with E-state index < -0.39 is 0 Å². The van der Waals surface area contributed by atoms with E-state index >= 15 is 0 Å². The molecular formula is C13H15BrO. The largest absolute Gasteiger partial charge is 0.299 e. The van der Waals surface area contributed by atoms with Gasteiger partial charge in [-0.1, -0.05) is 40.9 Å². The van der Waals surface area contributed by atoms with Crippen molar-refractivity contribution in [3.05, 3.63) is 34.3 Å². The lowest BCUT2D eigenvalue weighted by atomic mass is 9.91. The van der Waals surface area contributed by atoms with Gasteiger partial charge in [0.2, 0.25) is 0 Å². The average molecular weight is 267 g/mol. The second-order valence-electron chi connectivity index (χ2n) is 4.17. The van der Waals surface area contributed by atoms with E-state index in [2.05, 4.69) is 28.1 Å². The molecule has 0 aromatic heterocycles. The minimum absolute atomic E-state index is 0.144. The van der Waals surface area contributed by atoms with Gasteiger partial charge in [-0.2, -0.15) is 0 Å². The molecular weight excluding hydrogens is 252 g/mol. The summed E-state index contributed by atoms with van der Waals surface area (Å²) >= 11 is 3.46. The number of hydrogen-bond donors (Lipinski definition) is 0. The molecule has 1 aliphatic rings. The first-order valence-electron chi connectivity index (χ1n) is 5.55. The Morgan fingerprint density at radius 1 is 1.20 bits per heavy atom. The fourth-order valence-electron chi connectivity index (χ4n) is 2.24. The topological polar surface area (TPSA) is 17.1 Å². The molecule has 2 rings (SSSR count). The van der Waals surface area contributed by atoms with Crippen LogP contribution in [0.25, 0.3) is 0 Å². The number of halogens is 1. The molecule has 0 amide bonds. The third-order valence-electron chi connectivity index (χ3n) is 3.06. The molecule has 80 valence electrons. The van der Waals surface area contributed by atoms with Gasteiger partial charge in [0.25, 0.3) is 0 Å². The van der Waals surface area contributed by atoms with Gasteiger partial charge in [0.1, 0.15) is 5.78 Å². The van der Waals surface area contributed by atoms with E-state index in [9.17, 15) is 4.79 Å². The lowest BCUT2D eigenvalue weighted by molar-refractivity contribution is -0.120. The van der Waals surface area contributed by atoms with Crippen LogP contribution >= 0.6 is 15.9 Å². The number of Topliss-reactive ketones (excluding diaryl/α,β-unsaturated/α-hetero) is 1. The van der Waals surface area contributed by atoms with Gasteiger partial charge in [-0.05, 0) is 30.5 Å². The molecule has 0 heterocycles. The van der Waals surface area contributed by atoms with Crippen molar-refractivity contribution in [2.24, 2.45) is 0 Å². The van der Waals surface area contributed by atoms with Crippen LogP contribution in [0, 0.1) is 0 Å². The van der Waals surface area contributed by atoms with Crippen LogP contribution in [0.3, 0.4) is 0 Å². The van der Waals surface area contributed by atoms with Crippen molar-refractivity contribution in [1.29, 1.82) is 0 Å². The van der Waals surface area contributed by atoms with Gasteiger partial charge in [0, 0.05) is 16.8 Å². The minimum atomic E-state index is 0.144. The van der Waals surface area contributed by atoms with Crippen LogP contribution in [-0.4, -0.2) is 5.78 Å². The zero-order chi connectivity index (χ0) is 10.7. The smallest absolute Gasteiger partial charge is 0.140 e. The van der Waals surface area contributed by atoms with E-state index in [1.54, 1.807) is 0 Å². The van der Waals surface area contributed by atoms with Crippen molar-refractivity contribution in [1.82, 2.24) is 0 Å². The molecule has 2 heteroatoms. The molecule has 0 aliphatic heterocycles. The second kappa shape index (κ2) is 4.93. The van der Waals surface area contributed by atoms with Gasteiger partial charge >= 0.3 is 0 Å². The normalized spacial score (nSPS) is 22.5. The fourth-order valence-corrected chi connectivity index (χ4v) is 2.65. The van der Waals surface area contributed by atoms with Gasteiger partial charge in [-0.25, -0.2) is 0 Å². The minimum Gasteiger partial charge on any atom is -0.299 e. The Morgan fingerprint density at radius 2 is 2.07 bits per heavy atom. The summed E-state index contributed by atoms with van der Waals surface area (Å²) < 4.78 is 1.07. The van der Waals surface area contributed by atoms with Crippen LogP contribution < -0.4 is 0 Å². The predicted octanol–water partition coefficient (Wildman–Crippen LogP) is 4.07. The van der Waals surface area contributed by atoms with E-state index in [0.717, 1.165) is 23.7 Å². The maximum absolute atomic E-state index is 11.9. The lowest BCUT2D eigenvalue weighted by Gasteiger charge is -2.13. The highest BCUT2D eigenvalue weighted by Crippen LogP contribution is 2.30. The van der Waals surface area contributed by atoms with E-state index in [1.165, 1.54) is 18.4 Å². The molecule has 1 saturated carbocycles. The first-order valence-corrected chi connectivity index (χ1v) is 6.35. The van der Waals surface area contributed by atoms with Crippen molar-refractivity contribution < 1.29 is 4.79 Å². The van der Waals surface area contributed by atoms with Crippen LogP contribution in [0.4, 0.5) is 0 Å². The van der Waals surface area contributed by atoms with Crippen molar-refractivity contribution >= 4 is 21.7 Å². The van der Waals surface area contributed by atoms with E-state index in [0.29, 0.717) is 5.78 Å². The van der Waals surface area contributed by atoms with Crippen LogP contribution in [0.15, 0.2) is 28.7 Å². The number of rotatable bonds is 1. The standard InChI is InChI=1S/C13H15BrO/c14-11-6-4-5-10(9-11)12-7-2-1-3-8-13(12)15/h4-6,9,12H,1-3,7-8H2. The summed E-state index contributed by atoms with van der Waals surface area (Å²) in [6.45, 7) is 0. The Hall–Kier alpha value is -0.630. The number of ketones is 1. The third kappa shape index (κ3) is 2.69. The summed E-state index contributed by atoms with van der Waals surface area (Å²) in [5, 5.41) is 0. The van der Waals surface area contributed by atoms with Crippen LogP contribution in [0.5, 0.6) is 0 Å². The molecule has 0 saturated heterocycles. The van der Waals surface area contributed by atoms with Crippen LogP contribution in [0.1, 0.15) is 43.6 Å². The van der Waals surface area contributed by atoms with Crippen molar-refractivity contribution in [3.8, 4) is 0 Å². The Labute approximate surface area is 99.0 Å². The predicted molar refractivity (Wildman–Crippen MR) is 65.0 cm³/mol. The molecule has 1 unspecified atom stereocenters. The summed E-state index contributed by atoms with van der Waals surface area (Å²) in [6, 6.07) is 8.16. The fraction of sp³-hybridized carbons (Fsp3) is 0.462. The number of benzene rings is 1. The Kier molecular flexibility index (Phi) is 3.57. The summed E-state index contributed by atoms with van der Waals surface area (Å²) in [5.74, 6) is 0.565. The monoisotopic (exact) mass is 266 g/mol. The second-order valence-corrected chi connectivity index (χ2v) is 5.09. The Balaban J connectivity index is 2.24. The van der Waals surface area contributed by atoms with Gasteiger partial charge in [0.15, 0.2) is 0 Å². The molecule has 1 aromatic rings. The quantitative estimate of drug-likeness (QED) is 0.701. The first-order chi connectivity index (χ1) is 7.27. The Bertz CT molecular complexity index is 359. The van der Waals surface area contributed by atoms with Crippen molar-refractivity contribution in [2.45, 2.75) is 38.0 Å². The molecule has 0 bridgehead atoms. The van der Waals surface area contributed by atoms with Gasteiger partial charge in [0.05, 0.1) is 0 Å². The third-order valence-corrected chi connectivity index (χ3v) is 3.55. The van der Waals surface area contributed by atoms with Gasteiger partial charge in [-0.3, -0.25) is 4.79 Å². The molecule has 1 aliphatic carbocycles. The molecule has 0 spiro atoms. The van der Waals surface area contributed by atoms with Crippen LogP contribution in [-0.2, 0) is 4.79 Å².